The third kappa shape index (κ3) is 17.8. The van der Waals surface area contributed by atoms with Crippen LogP contribution in [0.3, 0.4) is 0 Å². The molecule has 0 radical (unpaired) electrons. The van der Waals surface area contributed by atoms with Crippen molar-refractivity contribution in [3.8, 4) is 0 Å². The second-order valence-electron chi connectivity index (χ2n) is 21.5. The van der Waals surface area contributed by atoms with Gasteiger partial charge in [0.1, 0.15) is 0 Å². The summed E-state index contributed by atoms with van der Waals surface area (Å²) < 4.78 is 217. The molecule has 480 valence electrons. The fraction of sp³-hybridized carbons (Fsp3) is 1.00. The molecule has 0 aromatic rings. The lowest BCUT2D eigenvalue weighted by Gasteiger charge is -2.55. The van der Waals surface area contributed by atoms with E-state index < -0.39 is 177 Å². The lowest BCUT2D eigenvalue weighted by Crippen LogP contribution is -2.80. The van der Waals surface area contributed by atoms with Crippen LogP contribution in [0.1, 0.15) is 27.7 Å². The van der Waals surface area contributed by atoms with E-state index in [0.29, 0.717) is 6.61 Å². The van der Waals surface area contributed by atoms with Crippen molar-refractivity contribution in [1.29, 1.82) is 0 Å². The Morgan fingerprint density at radius 3 is 0.695 bits per heavy atom. The van der Waals surface area contributed by atoms with Gasteiger partial charge in [0.25, 0.3) is 0 Å². The highest BCUT2D eigenvalue weighted by Crippen LogP contribution is 2.46. The normalized spacial score (nSPS) is 54.5. The fourth-order valence-corrected chi connectivity index (χ4v) is 110. The zero-order valence-corrected chi connectivity index (χ0v) is 72.4. The summed E-state index contributed by atoms with van der Waals surface area (Å²) >= 11 is 0. The summed E-state index contributed by atoms with van der Waals surface area (Å²) in [6.45, 7) is 42.2. The van der Waals surface area contributed by atoms with Gasteiger partial charge in [-0.15, -0.1) is 0 Å². The number of rotatable bonds is 14. The van der Waals surface area contributed by atoms with Crippen molar-refractivity contribution in [2.75, 3.05) is 40.6 Å². The number of fused-ring (bicyclic) bond motifs is 8. The third-order valence-electron chi connectivity index (χ3n) is 12.0. The van der Waals surface area contributed by atoms with Crippen LogP contribution in [0.2, 0.25) is 131 Å². The van der Waals surface area contributed by atoms with Crippen LogP contribution < -0.4 is 0 Å². The van der Waals surface area contributed by atoms with Crippen LogP contribution in [0.4, 0.5) is 0 Å². The predicted octanol–water partition coefficient (Wildman–Crippen LogP) is 3.89. The molecule has 32 nitrogen and oxygen atoms in total. The maximum Gasteiger partial charge on any atom is 0.482 e. The lowest BCUT2D eigenvalue weighted by atomic mass is 10.9. The quantitative estimate of drug-likeness (QED) is 0.223. The van der Waals surface area contributed by atoms with Gasteiger partial charge in [-0.05, 0) is 40.8 Å². The Labute approximate surface area is 506 Å². The van der Waals surface area contributed by atoms with Crippen molar-refractivity contribution in [3.05, 3.63) is 0 Å². The Balaban J connectivity index is 1.26. The van der Waals surface area contributed by atoms with Gasteiger partial charge in [0.2, 0.25) is 0 Å². The average Bonchev–Trinajstić information content (AvgIpc) is 1.90. The molecule has 0 amide bonds. The molecule has 0 saturated carbocycles. The summed E-state index contributed by atoms with van der Waals surface area (Å²) in [6.07, 6.45) is 0. The Hall–Kier alpha value is 3.06. The molecule has 7 fully saturated rings. The highest BCUT2D eigenvalue weighted by molar-refractivity contribution is 7.00. The smallest absolute Gasteiger partial charge is 0.397 e. The molecule has 0 spiro atoms. The minimum Gasteiger partial charge on any atom is -0.397 e. The van der Waals surface area contributed by atoms with Gasteiger partial charge in [-0.25, -0.2) is 0 Å². The lowest BCUT2D eigenvalue weighted by molar-refractivity contribution is 0.0188. The van der Waals surface area contributed by atoms with Gasteiger partial charge in [0, 0.05) is 158 Å². The van der Waals surface area contributed by atoms with Crippen molar-refractivity contribution in [1.82, 2.24) is 0 Å². The van der Waals surface area contributed by atoms with E-state index in [-0.39, 0.29) is 19.8 Å². The van der Waals surface area contributed by atoms with Gasteiger partial charge in [-0.2, -0.15) is 0 Å². The number of hydrogen-bond acceptors (Lipinski definition) is 32. The SMILES string of the molecule is CCO[Si]1(C)O[Si](C)(OCC)O[Si]2(C)O[Si](C)(O[SiH](C)O[Si](C)(O[Si]3(C)O[Si](C)(OC)O[Si]4(C)O[Si]5(C)O[SiH](C)O[Si](C)(O[Si]6(C)O[Si](C)(OC)O[Si]7(C)O[Si](C)(OCC)O[Si](C)(OCC)O[Si](C)(O7)O6)O[Si](C)(O5)O[Si](C)(O3)O4)O2)O1. The van der Waals surface area contributed by atoms with E-state index >= 15 is 0 Å². The van der Waals surface area contributed by atoms with Gasteiger partial charge < -0.3 is 134 Å². The molecule has 20 unspecified atom stereocenters. The van der Waals surface area contributed by atoms with Crippen molar-refractivity contribution in [2.24, 2.45) is 0 Å². The second kappa shape index (κ2) is 24.8. The molecule has 7 rings (SSSR count). The van der Waals surface area contributed by atoms with Crippen molar-refractivity contribution in [3.63, 3.8) is 0 Å². The summed E-state index contributed by atoms with van der Waals surface area (Å²) in [5.41, 5.74) is 0. The van der Waals surface area contributed by atoms with Crippen LogP contribution in [-0.4, -0.2) is 218 Å². The molecule has 20 atom stereocenters. The topological polar surface area (TPSA) is 295 Å². The summed E-state index contributed by atoms with van der Waals surface area (Å²) in [4.78, 5) is 0. The molecular weight excluding hydrogens is 1430 g/mol. The Morgan fingerprint density at radius 2 is 0.427 bits per heavy atom. The van der Waals surface area contributed by atoms with E-state index in [2.05, 4.69) is 0 Å². The zero-order valence-electron chi connectivity index (χ0n) is 52.0. The van der Waals surface area contributed by atoms with E-state index in [0.717, 1.165) is 0 Å². The van der Waals surface area contributed by atoms with Crippen LogP contribution >= 0.6 is 0 Å². The standard InChI is InChI=1S/C30H88O32Si20/c1-27-33-67(11)45-68(12,34-28-2)49-79(23)51-71(15,47-67)37-63(7)38-72(16,55-79)52-77(21)43-66(10,32-6)44-78(22)54-74(18)40-64(8)39-73(17,56-81(25,57-74)62-82(26,60-77)61-78)53-76(20)42-65(9,31-5)41-75(19)48-69(13,35-29-3)46-70(14,36-30-4)50-80(24,58-75)59-76/h63-64H,27-30H2,1-26H3. The molecule has 7 aliphatic heterocycles. The maximum absolute atomic E-state index is 7.19. The Morgan fingerprint density at radius 1 is 0.232 bits per heavy atom. The van der Waals surface area contributed by atoms with Crippen molar-refractivity contribution in [2.45, 2.75) is 159 Å². The predicted molar refractivity (Wildman–Crippen MR) is 324 cm³/mol. The monoisotopic (exact) mass is 1520 g/mol. The third-order valence-corrected chi connectivity index (χ3v) is 94.2. The maximum atomic E-state index is 7.19. The van der Waals surface area contributed by atoms with E-state index in [1.807, 2.05) is 27.7 Å². The van der Waals surface area contributed by atoms with Crippen LogP contribution in [0, 0.1) is 0 Å². The largest absolute Gasteiger partial charge is 0.482 e. The van der Waals surface area contributed by atoms with Crippen LogP contribution in [0.25, 0.3) is 0 Å². The first kappa shape index (κ1) is 72.5. The van der Waals surface area contributed by atoms with Gasteiger partial charge in [-0.3, -0.25) is 0 Å². The summed E-state index contributed by atoms with van der Waals surface area (Å²) in [7, 11) is -75.0. The highest BCUT2D eigenvalue weighted by atomic mass is 28.6. The first-order chi connectivity index (χ1) is 37.1. The Bertz CT molecular complexity index is 2290. The highest BCUT2D eigenvalue weighted by Gasteiger charge is 2.75. The molecule has 0 aromatic heterocycles. The minimum atomic E-state index is -4.41. The van der Waals surface area contributed by atoms with Crippen LogP contribution in [-0.2, 0) is 134 Å². The van der Waals surface area contributed by atoms with E-state index in [1.165, 1.54) is 14.2 Å². The molecule has 0 aliphatic carbocycles. The van der Waals surface area contributed by atoms with E-state index in [9.17, 15) is 0 Å². The van der Waals surface area contributed by atoms with Crippen molar-refractivity contribution < 1.29 is 134 Å². The first-order valence-electron chi connectivity index (χ1n) is 26.9. The zero-order chi connectivity index (χ0) is 61.6. The number of hydrogen-bond donors (Lipinski definition) is 0. The van der Waals surface area contributed by atoms with Crippen LogP contribution in [0.5, 0.6) is 0 Å². The summed E-state index contributed by atoms with van der Waals surface area (Å²) in [6, 6.07) is 0. The molecule has 8 bridgehead atoms. The Kier molecular flexibility index (Phi) is 21.9. The van der Waals surface area contributed by atoms with Gasteiger partial charge in [0.05, 0.1) is 0 Å². The first-order valence-corrected chi connectivity index (χ1v) is 71.2. The molecule has 0 N–H and O–H groups in total. The molecular formula is C30H88O32Si20. The van der Waals surface area contributed by atoms with Gasteiger partial charge in [-0.1, -0.05) is 0 Å². The van der Waals surface area contributed by atoms with Crippen LogP contribution in [0.15, 0.2) is 0 Å². The van der Waals surface area contributed by atoms with E-state index in [4.69, 9.17) is 134 Å². The summed E-state index contributed by atoms with van der Waals surface area (Å²) in [5, 5.41) is 0. The second-order valence-corrected chi connectivity index (χ2v) is 78.5. The average molecular weight is 1520 g/mol. The molecule has 52 heteroatoms. The fourth-order valence-electron chi connectivity index (χ4n) is 11.0. The minimum absolute atomic E-state index is 0.231. The molecule has 82 heavy (non-hydrogen) atoms. The molecule has 7 heterocycles. The van der Waals surface area contributed by atoms with E-state index in [1.54, 1.807) is 131 Å². The summed E-state index contributed by atoms with van der Waals surface area (Å²) in [5.74, 6) is 0. The van der Waals surface area contributed by atoms with Crippen molar-refractivity contribution >= 4 is 177 Å². The van der Waals surface area contributed by atoms with Gasteiger partial charge >= 0.3 is 177 Å². The van der Waals surface area contributed by atoms with Gasteiger partial charge in [0.15, 0.2) is 0 Å². The molecule has 7 aliphatic rings. The molecule has 7 saturated heterocycles. The molecule has 0 aromatic carbocycles.